The van der Waals surface area contributed by atoms with Crippen LogP contribution < -0.4 is 11.0 Å². The summed E-state index contributed by atoms with van der Waals surface area (Å²) in [5.41, 5.74) is 4.18. The summed E-state index contributed by atoms with van der Waals surface area (Å²) in [6.07, 6.45) is 0. The van der Waals surface area contributed by atoms with Gasteiger partial charge >= 0.3 is 6.03 Å². The minimum absolute atomic E-state index is 0.199. The normalized spacial score (nSPS) is 9.57. The number of carbonyl (C=O) groups is 1. The first-order valence-corrected chi connectivity index (χ1v) is 4.16. The summed E-state index contributed by atoms with van der Waals surface area (Å²) < 4.78 is 0. The smallest absolute Gasteiger partial charge is 0.287 e. The van der Waals surface area contributed by atoms with Gasteiger partial charge in [-0.05, 0) is 17.7 Å². The number of urea groups is 1. The summed E-state index contributed by atoms with van der Waals surface area (Å²) in [5, 5.41) is 8.74. The molecule has 0 saturated carbocycles. The molecule has 0 saturated heterocycles. The van der Waals surface area contributed by atoms with E-state index in [-0.39, 0.29) is 6.61 Å². The third-order valence-electron chi connectivity index (χ3n) is 1.42. The zero-order valence-corrected chi connectivity index (χ0v) is 7.91. The van der Waals surface area contributed by atoms with Gasteiger partial charge in [0.25, 0.3) is 0 Å². The van der Waals surface area contributed by atoms with Crippen LogP contribution in [0.1, 0.15) is 5.56 Å². The number of carbonyl (C=O) groups excluding carboxylic acids is 1. The van der Waals surface area contributed by atoms with E-state index in [1.807, 2.05) is 5.48 Å². The molecule has 0 spiro atoms. The second-order valence-corrected chi connectivity index (χ2v) is 2.89. The minimum Gasteiger partial charge on any atom is -0.287 e. The molecular weight excluding hydrogens is 208 g/mol. The Kier molecular flexibility index (Phi) is 4.18. The molecule has 1 rings (SSSR count). The number of nitrogens with one attached hydrogen (secondary N) is 2. The van der Waals surface area contributed by atoms with Crippen molar-refractivity contribution in [3.05, 3.63) is 34.9 Å². The molecule has 5 nitrogen and oxygen atoms in total. The molecule has 1 aromatic carbocycles. The standard InChI is InChI=1S/C8H9ClN2O3/c9-7-3-1-6(2-4-7)5-14-11-8(12)10-13/h1-4,13H,5H2,(H2,10,11,12). The van der Waals surface area contributed by atoms with Gasteiger partial charge in [-0.3, -0.25) is 10.0 Å². The maximum Gasteiger partial charge on any atom is 0.362 e. The third kappa shape index (κ3) is 3.61. The Labute approximate surface area is 85.5 Å². The van der Waals surface area contributed by atoms with E-state index >= 15 is 0 Å². The van der Waals surface area contributed by atoms with Crippen molar-refractivity contribution in [2.75, 3.05) is 0 Å². The summed E-state index contributed by atoms with van der Waals surface area (Å²) in [5.74, 6) is 0. The lowest BCUT2D eigenvalue weighted by Crippen LogP contribution is -2.32. The first-order valence-electron chi connectivity index (χ1n) is 3.78. The maximum atomic E-state index is 10.4. The van der Waals surface area contributed by atoms with Crippen LogP contribution in [0.2, 0.25) is 5.02 Å². The van der Waals surface area contributed by atoms with Gasteiger partial charge in [0.2, 0.25) is 0 Å². The van der Waals surface area contributed by atoms with Gasteiger partial charge in [-0.15, -0.1) is 0 Å². The Bertz CT molecular complexity index is 302. The first-order chi connectivity index (χ1) is 6.72. The Morgan fingerprint density at radius 2 is 2.07 bits per heavy atom. The van der Waals surface area contributed by atoms with Crippen molar-refractivity contribution in [2.45, 2.75) is 6.61 Å². The molecule has 6 heteroatoms. The number of hydrogen-bond acceptors (Lipinski definition) is 3. The SMILES string of the molecule is O=C(NO)NOCc1ccc(Cl)cc1. The molecule has 0 aliphatic heterocycles. The molecule has 0 heterocycles. The number of amides is 2. The third-order valence-corrected chi connectivity index (χ3v) is 1.67. The summed E-state index contributed by atoms with van der Waals surface area (Å²) in [4.78, 5) is 15.2. The predicted octanol–water partition coefficient (Wildman–Crippen LogP) is 1.46. The van der Waals surface area contributed by atoms with Gasteiger partial charge in [0.05, 0.1) is 6.61 Å². The van der Waals surface area contributed by atoms with Crippen molar-refractivity contribution < 1.29 is 14.8 Å². The van der Waals surface area contributed by atoms with Crippen LogP contribution in [0.25, 0.3) is 0 Å². The van der Waals surface area contributed by atoms with Crippen molar-refractivity contribution in [2.24, 2.45) is 0 Å². The lowest BCUT2D eigenvalue weighted by Gasteiger charge is -2.04. The molecule has 0 fully saturated rings. The van der Waals surface area contributed by atoms with Gasteiger partial charge in [-0.2, -0.15) is 0 Å². The van der Waals surface area contributed by atoms with E-state index in [4.69, 9.17) is 21.6 Å². The molecule has 0 aliphatic rings. The van der Waals surface area contributed by atoms with E-state index in [2.05, 4.69) is 0 Å². The number of rotatable bonds is 3. The molecule has 1 aromatic rings. The van der Waals surface area contributed by atoms with Gasteiger partial charge in [-0.25, -0.2) is 15.8 Å². The molecule has 3 N–H and O–H groups in total. The average molecular weight is 217 g/mol. The quantitative estimate of drug-likeness (QED) is 0.529. The molecule has 0 bridgehead atoms. The Morgan fingerprint density at radius 3 is 2.64 bits per heavy atom. The first kappa shape index (κ1) is 10.8. The molecular formula is C8H9ClN2O3. The van der Waals surface area contributed by atoms with Crippen LogP contribution in [0.4, 0.5) is 4.79 Å². The van der Waals surface area contributed by atoms with Crippen molar-refractivity contribution in [3.8, 4) is 0 Å². The number of halogens is 1. The molecule has 0 unspecified atom stereocenters. The lowest BCUT2D eigenvalue weighted by atomic mass is 10.2. The van der Waals surface area contributed by atoms with Gasteiger partial charge in [-0.1, -0.05) is 23.7 Å². The largest absolute Gasteiger partial charge is 0.362 e. The Morgan fingerprint density at radius 1 is 1.43 bits per heavy atom. The highest BCUT2D eigenvalue weighted by Crippen LogP contribution is 2.09. The molecule has 0 aromatic heterocycles. The fourth-order valence-electron chi connectivity index (χ4n) is 0.788. The summed E-state index contributed by atoms with van der Waals surface area (Å²) in [7, 11) is 0. The Hall–Kier alpha value is -1.30. The number of hydrogen-bond donors (Lipinski definition) is 3. The number of benzene rings is 1. The summed E-state index contributed by atoms with van der Waals surface area (Å²) in [6, 6.07) is 6.14. The molecule has 0 radical (unpaired) electrons. The fraction of sp³-hybridized carbons (Fsp3) is 0.125. The minimum atomic E-state index is -0.820. The zero-order valence-electron chi connectivity index (χ0n) is 7.16. The van der Waals surface area contributed by atoms with Gasteiger partial charge in [0, 0.05) is 5.02 Å². The van der Waals surface area contributed by atoms with Gasteiger partial charge < -0.3 is 0 Å². The summed E-state index contributed by atoms with van der Waals surface area (Å²) >= 11 is 5.66. The molecule has 0 aliphatic carbocycles. The topological polar surface area (TPSA) is 70.6 Å². The molecule has 0 atom stereocenters. The molecule has 14 heavy (non-hydrogen) atoms. The van der Waals surface area contributed by atoms with Crippen LogP contribution in [-0.2, 0) is 11.4 Å². The average Bonchev–Trinajstić information content (AvgIpc) is 2.21. The lowest BCUT2D eigenvalue weighted by molar-refractivity contribution is 0.0350. The Balaban J connectivity index is 2.31. The van der Waals surface area contributed by atoms with Crippen LogP contribution >= 0.6 is 11.6 Å². The fourth-order valence-corrected chi connectivity index (χ4v) is 0.914. The monoisotopic (exact) mass is 216 g/mol. The van der Waals surface area contributed by atoms with Crippen LogP contribution in [0.5, 0.6) is 0 Å². The highest BCUT2D eigenvalue weighted by molar-refractivity contribution is 6.30. The van der Waals surface area contributed by atoms with E-state index < -0.39 is 6.03 Å². The van der Waals surface area contributed by atoms with Gasteiger partial charge in [0.1, 0.15) is 0 Å². The highest BCUT2D eigenvalue weighted by atomic mass is 35.5. The number of hydroxylamine groups is 2. The van der Waals surface area contributed by atoms with Crippen molar-refractivity contribution in [3.63, 3.8) is 0 Å². The van der Waals surface area contributed by atoms with Crippen molar-refractivity contribution in [1.29, 1.82) is 0 Å². The summed E-state index contributed by atoms with van der Waals surface area (Å²) in [6.45, 7) is 0.199. The predicted molar refractivity (Wildman–Crippen MR) is 49.7 cm³/mol. The van der Waals surface area contributed by atoms with E-state index in [0.717, 1.165) is 5.56 Å². The molecule has 2 amide bonds. The van der Waals surface area contributed by atoms with Crippen LogP contribution in [0.15, 0.2) is 24.3 Å². The van der Waals surface area contributed by atoms with Crippen molar-refractivity contribution in [1.82, 2.24) is 11.0 Å². The second kappa shape index (κ2) is 5.43. The van der Waals surface area contributed by atoms with Crippen LogP contribution in [0, 0.1) is 0 Å². The molecule has 76 valence electrons. The van der Waals surface area contributed by atoms with Gasteiger partial charge in [0.15, 0.2) is 0 Å². The van der Waals surface area contributed by atoms with E-state index in [1.165, 1.54) is 5.48 Å². The van der Waals surface area contributed by atoms with E-state index in [0.29, 0.717) is 5.02 Å². The van der Waals surface area contributed by atoms with E-state index in [1.54, 1.807) is 24.3 Å². The zero-order chi connectivity index (χ0) is 10.4. The van der Waals surface area contributed by atoms with Crippen LogP contribution in [-0.4, -0.2) is 11.2 Å². The second-order valence-electron chi connectivity index (χ2n) is 2.46. The van der Waals surface area contributed by atoms with Crippen molar-refractivity contribution >= 4 is 17.6 Å². The van der Waals surface area contributed by atoms with Crippen LogP contribution in [0.3, 0.4) is 0 Å². The maximum absolute atomic E-state index is 10.4. The van der Waals surface area contributed by atoms with E-state index in [9.17, 15) is 4.79 Å². The highest BCUT2D eigenvalue weighted by Gasteiger charge is 1.97.